The summed E-state index contributed by atoms with van der Waals surface area (Å²) in [6.45, 7) is 3.69. The van der Waals surface area contributed by atoms with Gasteiger partial charge in [-0.15, -0.1) is 0 Å². The molecule has 3 N–H and O–H groups in total. The van der Waals surface area contributed by atoms with Crippen LogP contribution < -0.4 is 5.73 Å². The van der Waals surface area contributed by atoms with Gasteiger partial charge < -0.3 is 15.6 Å². The first-order chi connectivity index (χ1) is 6.50. The highest BCUT2D eigenvalue weighted by Crippen LogP contribution is 2.24. The van der Waals surface area contributed by atoms with Crippen LogP contribution in [0.2, 0.25) is 0 Å². The lowest BCUT2D eigenvalue weighted by molar-refractivity contribution is 0.149. The Labute approximate surface area is 82.3 Å². The van der Waals surface area contributed by atoms with Gasteiger partial charge >= 0.3 is 6.09 Å². The zero-order valence-electron chi connectivity index (χ0n) is 8.20. The van der Waals surface area contributed by atoms with E-state index in [0.717, 1.165) is 11.1 Å². The molecule has 0 radical (unpaired) electrons. The lowest BCUT2D eigenvalue weighted by Gasteiger charge is -2.08. The highest BCUT2D eigenvalue weighted by atomic mass is 16.5. The van der Waals surface area contributed by atoms with Crippen molar-refractivity contribution in [1.29, 1.82) is 0 Å². The molecule has 0 aliphatic heterocycles. The number of phenols is 1. The number of aromatic hydroxyl groups is 1. The van der Waals surface area contributed by atoms with Crippen LogP contribution in [-0.4, -0.2) is 11.2 Å². The Morgan fingerprint density at radius 2 is 2.14 bits per heavy atom. The Kier molecular flexibility index (Phi) is 2.96. The Morgan fingerprint density at radius 3 is 2.71 bits per heavy atom. The van der Waals surface area contributed by atoms with Gasteiger partial charge in [0.05, 0.1) is 0 Å². The Balaban J connectivity index is 2.90. The molecule has 0 fully saturated rings. The van der Waals surface area contributed by atoms with Gasteiger partial charge in [0.2, 0.25) is 0 Å². The third-order valence-electron chi connectivity index (χ3n) is 1.89. The van der Waals surface area contributed by atoms with Crippen LogP contribution >= 0.6 is 0 Å². The molecule has 0 unspecified atom stereocenters. The molecule has 76 valence electrons. The van der Waals surface area contributed by atoms with E-state index in [1.54, 1.807) is 13.0 Å². The topological polar surface area (TPSA) is 72.6 Å². The number of carbonyl (C=O) groups excluding carboxylic acids is 1. The van der Waals surface area contributed by atoms with E-state index in [9.17, 15) is 9.90 Å². The summed E-state index contributed by atoms with van der Waals surface area (Å²) in [6, 6.07) is 3.61. The van der Waals surface area contributed by atoms with Gasteiger partial charge in [0.25, 0.3) is 0 Å². The minimum atomic E-state index is -0.844. The first-order valence-corrected chi connectivity index (χ1v) is 4.22. The number of rotatable bonds is 2. The number of aryl methyl sites for hydroxylation is 2. The number of phenolic OH excluding ortho intramolecular Hbond substituents is 1. The molecule has 1 aromatic rings. The van der Waals surface area contributed by atoms with Crippen molar-refractivity contribution >= 4 is 6.09 Å². The molecule has 0 heterocycles. The van der Waals surface area contributed by atoms with E-state index in [4.69, 9.17) is 5.73 Å². The van der Waals surface area contributed by atoms with Crippen molar-refractivity contribution in [1.82, 2.24) is 0 Å². The predicted molar refractivity (Wildman–Crippen MR) is 52.0 cm³/mol. The van der Waals surface area contributed by atoms with Crippen molar-refractivity contribution in [2.75, 3.05) is 0 Å². The number of hydrogen-bond acceptors (Lipinski definition) is 3. The zero-order valence-corrected chi connectivity index (χ0v) is 8.20. The van der Waals surface area contributed by atoms with E-state index >= 15 is 0 Å². The second-order valence-electron chi connectivity index (χ2n) is 3.20. The molecule has 0 saturated carbocycles. The fourth-order valence-corrected chi connectivity index (χ4v) is 1.31. The molecule has 0 saturated heterocycles. The average Bonchev–Trinajstić information content (AvgIpc) is 2.08. The molecule has 1 rings (SSSR count). The van der Waals surface area contributed by atoms with Crippen molar-refractivity contribution in [3.63, 3.8) is 0 Å². The minimum absolute atomic E-state index is 0.00366. The van der Waals surface area contributed by atoms with Gasteiger partial charge in [0.1, 0.15) is 12.4 Å². The molecular weight excluding hydrogens is 182 g/mol. The number of nitrogens with two attached hydrogens (primary N) is 1. The molecule has 0 aliphatic rings. The monoisotopic (exact) mass is 195 g/mol. The third kappa shape index (κ3) is 2.39. The summed E-state index contributed by atoms with van der Waals surface area (Å²) >= 11 is 0. The van der Waals surface area contributed by atoms with Gasteiger partial charge in [-0.05, 0) is 25.5 Å². The largest absolute Gasteiger partial charge is 0.507 e. The van der Waals surface area contributed by atoms with Gasteiger partial charge in [0.15, 0.2) is 0 Å². The number of amides is 1. The van der Waals surface area contributed by atoms with Crippen LogP contribution in [0.1, 0.15) is 16.7 Å². The fraction of sp³-hybridized carbons (Fsp3) is 0.300. The van der Waals surface area contributed by atoms with E-state index in [1.807, 2.05) is 13.0 Å². The van der Waals surface area contributed by atoms with Crippen LogP contribution in [-0.2, 0) is 11.3 Å². The summed E-state index contributed by atoms with van der Waals surface area (Å²) in [7, 11) is 0. The summed E-state index contributed by atoms with van der Waals surface area (Å²) in [5.41, 5.74) is 7.15. The highest BCUT2D eigenvalue weighted by Gasteiger charge is 2.06. The maximum atomic E-state index is 10.4. The Morgan fingerprint density at radius 1 is 1.50 bits per heavy atom. The minimum Gasteiger partial charge on any atom is -0.507 e. The van der Waals surface area contributed by atoms with Crippen LogP contribution in [0.5, 0.6) is 5.75 Å². The van der Waals surface area contributed by atoms with Crippen LogP contribution in [0.15, 0.2) is 12.1 Å². The molecule has 4 heteroatoms. The molecule has 1 aromatic carbocycles. The van der Waals surface area contributed by atoms with Crippen molar-refractivity contribution < 1.29 is 14.6 Å². The maximum Gasteiger partial charge on any atom is 0.404 e. The molecule has 4 nitrogen and oxygen atoms in total. The second kappa shape index (κ2) is 4.00. The van der Waals surface area contributed by atoms with Gasteiger partial charge in [-0.25, -0.2) is 4.79 Å². The molecule has 0 spiro atoms. The van der Waals surface area contributed by atoms with Crippen molar-refractivity contribution in [3.8, 4) is 5.75 Å². The summed E-state index contributed by atoms with van der Waals surface area (Å²) in [5.74, 6) is 0.150. The van der Waals surface area contributed by atoms with E-state index in [1.165, 1.54) is 0 Å². The number of ether oxygens (including phenoxy) is 1. The highest BCUT2D eigenvalue weighted by molar-refractivity contribution is 5.64. The summed E-state index contributed by atoms with van der Waals surface area (Å²) in [4.78, 5) is 10.4. The van der Waals surface area contributed by atoms with Crippen molar-refractivity contribution in [2.24, 2.45) is 5.73 Å². The van der Waals surface area contributed by atoms with E-state index in [2.05, 4.69) is 4.74 Å². The number of carbonyl (C=O) groups is 1. The first kappa shape index (κ1) is 10.4. The van der Waals surface area contributed by atoms with E-state index in [-0.39, 0.29) is 12.4 Å². The van der Waals surface area contributed by atoms with Crippen molar-refractivity contribution in [2.45, 2.75) is 20.5 Å². The number of benzene rings is 1. The third-order valence-corrected chi connectivity index (χ3v) is 1.89. The molecule has 0 bridgehead atoms. The SMILES string of the molecule is Cc1cc(C)c(O)c(COC(N)=O)c1. The lowest BCUT2D eigenvalue weighted by Crippen LogP contribution is -2.12. The van der Waals surface area contributed by atoms with Gasteiger partial charge in [-0.3, -0.25) is 0 Å². The van der Waals surface area contributed by atoms with Gasteiger partial charge in [0, 0.05) is 5.56 Å². The lowest BCUT2D eigenvalue weighted by atomic mass is 10.1. The van der Waals surface area contributed by atoms with Crippen molar-refractivity contribution in [3.05, 3.63) is 28.8 Å². The summed E-state index contributed by atoms with van der Waals surface area (Å²) in [5, 5.41) is 9.60. The number of hydrogen-bond donors (Lipinski definition) is 2. The van der Waals surface area contributed by atoms with Crippen LogP contribution in [0.3, 0.4) is 0 Å². The fourth-order valence-electron chi connectivity index (χ4n) is 1.31. The molecule has 14 heavy (non-hydrogen) atoms. The standard InChI is InChI=1S/C10H13NO3/c1-6-3-7(2)9(12)8(4-6)5-14-10(11)13/h3-4,12H,5H2,1-2H3,(H2,11,13). The quantitative estimate of drug-likeness (QED) is 0.752. The Bertz CT molecular complexity index is 361. The molecular formula is C10H13NO3. The molecule has 0 aliphatic carbocycles. The predicted octanol–water partition coefficient (Wildman–Crippen LogP) is 1.60. The molecule has 0 atom stereocenters. The van der Waals surface area contributed by atoms with Crippen LogP contribution in [0.25, 0.3) is 0 Å². The molecule has 1 amide bonds. The number of primary amides is 1. The van der Waals surface area contributed by atoms with Gasteiger partial charge in [-0.2, -0.15) is 0 Å². The Hall–Kier alpha value is -1.71. The van der Waals surface area contributed by atoms with E-state index in [0.29, 0.717) is 5.56 Å². The normalized spacial score (nSPS) is 9.86. The first-order valence-electron chi connectivity index (χ1n) is 4.22. The smallest absolute Gasteiger partial charge is 0.404 e. The zero-order chi connectivity index (χ0) is 10.7. The second-order valence-corrected chi connectivity index (χ2v) is 3.20. The maximum absolute atomic E-state index is 10.4. The molecule has 0 aromatic heterocycles. The summed E-state index contributed by atoms with van der Waals surface area (Å²) in [6.07, 6.45) is -0.844. The van der Waals surface area contributed by atoms with Crippen LogP contribution in [0.4, 0.5) is 4.79 Å². The average molecular weight is 195 g/mol. The van der Waals surface area contributed by atoms with E-state index < -0.39 is 6.09 Å². The van der Waals surface area contributed by atoms with Crippen LogP contribution in [0, 0.1) is 13.8 Å². The summed E-state index contributed by atoms with van der Waals surface area (Å²) < 4.78 is 4.60. The van der Waals surface area contributed by atoms with Gasteiger partial charge in [-0.1, -0.05) is 11.6 Å².